The average molecular weight is 325 g/mol. The van der Waals surface area contributed by atoms with Crippen LogP contribution in [0.4, 0.5) is 0 Å². The largest absolute Gasteiger partial charge is 0.329 e. The van der Waals surface area contributed by atoms with Gasteiger partial charge >= 0.3 is 0 Å². The number of nitrogens with one attached hydrogen (secondary N) is 1. The zero-order chi connectivity index (χ0) is 16.1. The van der Waals surface area contributed by atoms with Crippen LogP contribution in [0.5, 0.6) is 0 Å². The highest BCUT2D eigenvalue weighted by Gasteiger charge is 2.52. The van der Waals surface area contributed by atoms with Crippen molar-refractivity contribution in [3.8, 4) is 0 Å². The molecule has 1 saturated heterocycles. The fourth-order valence-electron chi connectivity index (χ4n) is 6.69. The first kappa shape index (κ1) is 14.9. The number of hydrogen-bond acceptors (Lipinski definition) is 1. The molecule has 6 rings (SSSR count). The molecule has 0 aromatic heterocycles. The van der Waals surface area contributed by atoms with Crippen molar-refractivity contribution in [2.75, 3.05) is 26.2 Å². The number of carbonyl (C=O) groups excluding carboxylic acids is 1. The molecule has 4 bridgehead atoms. The maximum absolute atomic E-state index is 12.6. The SMILES string of the molecule is O=C(c1ccccc1)N1CC[NH+](C2C3CC4CC(C3)CC2C4)CC1. The van der Waals surface area contributed by atoms with E-state index in [9.17, 15) is 4.79 Å². The van der Waals surface area contributed by atoms with Crippen LogP contribution in [0.2, 0.25) is 0 Å². The van der Waals surface area contributed by atoms with Gasteiger partial charge in [0.2, 0.25) is 0 Å². The van der Waals surface area contributed by atoms with Crippen molar-refractivity contribution in [1.29, 1.82) is 0 Å². The molecule has 5 aliphatic rings. The minimum atomic E-state index is 0.222. The van der Waals surface area contributed by atoms with Crippen LogP contribution in [-0.2, 0) is 0 Å². The molecule has 1 N–H and O–H groups in total. The summed E-state index contributed by atoms with van der Waals surface area (Å²) in [5.74, 6) is 4.33. The third-order valence-electron chi connectivity index (χ3n) is 7.41. The fraction of sp³-hybridized carbons (Fsp3) is 0.667. The van der Waals surface area contributed by atoms with Gasteiger partial charge in [-0.15, -0.1) is 0 Å². The topological polar surface area (TPSA) is 24.8 Å². The molecule has 1 heterocycles. The molecule has 128 valence electrons. The highest BCUT2D eigenvalue weighted by Crippen LogP contribution is 2.53. The number of carbonyl (C=O) groups is 1. The first-order chi connectivity index (χ1) is 11.8. The molecular weight excluding hydrogens is 296 g/mol. The van der Waals surface area contributed by atoms with E-state index in [4.69, 9.17) is 0 Å². The lowest BCUT2D eigenvalue weighted by Crippen LogP contribution is -3.20. The summed E-state index contributed by atoms with van der Waals surface area (Å²) in [7, 11) is 0. The van der Waals surface area contributed by atoms with Crippen LogP contribution in [0, 0.1) is 23.7 Å². The van der Waals surface area contributed by atoms with Crippen LogP contribution in [0.1, 0.15) is 42.5 Å². The van der Waals surface area contributed by atoms with Crippen molar-refractivity contribution in [2.24, 2.45) is 23.7 Å². The van der Waals surface area contributed by atoms with Crippen LogP contribution < -0.4 is 4.90 Å². The first-order valence-electron chi connectivity index (χ1n) is 9.97. The molecule has 1 aromatic carbocycles. The Morgan fingerprint density at radius 2 is 1.46 bits per heavy atom. The van der Waals surface area contributed by atoms with Crippen LogP contribution in [0.3, 0.4) is 0 Å². The van der Waals surface area contributed by atoms with Gasteiger partial charge < -0.3 is 9.80 Å². The van der Waals surface area contributed by atoms with Gasteiger partial charge in [0.05, 0.1) is 32.2 Å². The van der Waals surface area contributed by atoms with Gasteiger partial charge in [0.1, 0.15) is 0 Å². The third kappa shape index (κ3) is 2.48. The van der Waals surface area contributed by atoms with Crippen molar-refractivity contribution in [3.63, 3.8) is 0 Å². The molecule has 24 heavy (non-hydrogen) atoms. The Balaban J connectivity index is 1.24. The quantitative estimate of drug-likeness (QED) is 0.882. The normalized spacial score (nSPS) is 38.5. The second kappa shape index (κ2) is 5.87. The van der Waals surface area contributed by atoms with Crippen LogP contribution in [0.25, 0.3) is 0 Å². The van der Waals surface area contributed by atoms with Gasteiger partial charge in [-0.2, -0.15) is 0 Å². The lowest BCUT2D eigenvalue weighted by molar-refractivity contribution is -0.939. The summed E-state index contributed by atoms with van der Waals surface area (Å²) in [6.07, 6.45) is 7.57. The lowest BCUT2D eigenvalue weighted by atomic mass is 9.54. The average Bonchev–Trinajstić information content (AvgIpc) is 2.61. The molecule has 4 aliphatic carbocycles. The number of amides is 1. The Morgan fingerprint density at radius 3 is 2.04 bits per heavy atom. The molecule has 0 unspecified atom stereocenters. The fourth-order valence-corrected chi connectivity index (χ4v) is 6.69. The molecule has 0 spiro atoms. The standard InChI is InChI=1S/C21H28N2O/c24-21(17-4-2-1-3-5-17)23-8-6-22(7-9-23)20-18-11-15-10-16(13-18)14-19(20)12-15/h1-5,15-16,18-20H,6-14H2/p+1. The van der Waals surface area contributed by atoms with Gasteiger partial charge in [0.25, 0.3) is 5.91 Å². The third-order valence-corrected chi connectivity index (χ3v) is 7.41. The summed E-state index contributed by atoms with van der Waals surface area (Å²) in [5, 5.41) is 0. The van der Waals surface area contributed by atoms with E-state index < -0.39 is 0 Å². The summed E-state index contributed by atoms with van der Waals surface area (Å²) >= 11 is 0. The summed E-state index contributed by atoms with van der Waals surface area (Å²) in [5.41, 5.74) is 0.843. The minimum absolute atomic E-state index is 0.222. The summed E-state index contributed by atoms with van der Waals surface area (Å²) < 4.78 is 0. The highest BCUT2D eigenvalue weighted by atomic mass is 16.2. The molecule has 3 heteroatoms. The van der Waals surface area contributed by atoms with Crippen LogP contribution >= 0.6 is 0 Å². The van der Waals surface area contributed by atoms with Crippen molar-refractivity contribution < 1.29 is 9.69 Å². The number of benzene rings is 1. The second-order valence-electron chi connectivity index (χ2n) is 8.77. The minimum Gasteiger partial charge on any atom is -0.329 e. The van der Waals surface area contributed by atoms with Gasteiger partial charge in [-0.3, -0.25) is 4.79 Å². The Morgan fingerprint density at radius 1 is 0.875 bits per heavy atom. The molecule has 3 nitrogen and oxygen atoms in total. The number of nitrogens with zero attached hydrogens (tertiary/aromatic N) is 1. The smallest absolute Gasteiger partial charge is 0.254 e. The molecule has 0 atom stereocenters. The predicted molar refractivity (Wildman–Crippen MR) is 93.9 cm³/mol. The second-order valence-corrected chi connectivity index (χ2v) is 8.77. The van der Waals surface area contributed by atoms with Crippen molar-refractivity contribution in [1.82, 2.24) is 4.90 Å². The Labute approximate surface area is 145 Å². The molecular formula is C21H29N2O+. The van der Waals surface area contributed by atoms with Crippen LogP contribution in [-0.4, -0.2) is 43.0 Å². The van der Waals surface area contributed by atoms with E-state index >= 15 is 0 Å². The van der Waals surface area contributed by atoms with Crippen molar-refractivity contribution in [3.05, 3.63) is 35.9 Å². The molecule has 1 aromatic rings. The molecule has 1 amide bonds. The number of rotatable bonds is 2. The zero-order valence-electron chi connectivity index (χ0n) is 14.5. The Hall–Kier alpha value is -1.35. The maximum Gasteiger partial charge on any atom is 0.254 e. The van der Waals surface area contributed by atoms with E-state index in [2.05, 4.69) is 4.90 Å². The van der Waals surface area contributed by atoms with Gasteiger partial charge in [0, 0.05) is 17.4 Å². The molecule has 0 radical (unpaired) electrons. The number of piperazine rings is 1. The van der Waals surface area contributed by atoms with Crippen molar-refractivity contribution in [2.45, 2.75) is 38.1 Å². The maximum atomic E-state index is 12.6. The van der Waals surface area contributed by atoms with Gasteiger partial charge in [-0.05, 0) is 56.1 Å². The Kier molecular flexibility index (Phi) is 3.66. The van der Waals surface area contributed by atoms with E-state index in [-0.39, 0.29) is 5.91 Å². The summed E-state index contributed by atoms with van der Waals surface area (Å²) in [4.78, 5) is 16.5. The molecule has 4 saturated carbocycles. The van der Waals surface area contributed by atoms with E-state index in [1.807, 2.05) is 35.2 Å². The van der Waals surface area contributed by atoms with E-state index in [0.29, 0.717) is 0 Å². The first-order valence-corrected chi connectivity index (χ1v) is 9.97. The Bertz CT molecular complexity index is 578. The molecule has 1 aliphatic heterocycles. The van der Waals surface area contributed by atoms with Gasteiger partial charge in [-0.25, -0.2) is 0 Å². The number of hydrogen-bond donors (Lipinski definition) is 1. The molecule has 5 fully saturated rings. The number of quaternary nitrogens is 1. The summed E-state index contributed by atoms with van der Waals surface area (Å²) in [6.45, 7) is 4.19. The van der Waals surface area contributed by atoms with Crippen LogP contribution in [0.15, 0.2) is 30.3 Å². The van der Waals surface area contributed by atoms with Gasteiger partial charge in [-0.1, -0.05) is 18.2 Å². The van der Waals surface area contributed by atoms with Crippen molar-refractivity contribution >= 4 is 5.91 Å². The van der Waals surface area contributed by atoms with Gasteiger partial charge in [0.15, 0.2) is 0 Å². The lowest BCUT2D eigenvalue weighted by Gasteiger charge is -2.56. The zero-order valence-corrected chi connectivity index (χ0v) is 14.5. The predicted octanol–water partition coefficient (Wildman–Crippen LogP) is 1.85. The summed E-state index contributed by atoms with van der Waals surface area (Å²) in [6, 6.07) is 10.7. The van der Waals surface area contributed by atoms with E-state index in [0.717, 1.165) is 61.5 Å². The van der Waals surface area contributed by atoms with E-state index in [1.54, 1.807) is 0 Å². The highest BCUT2D eigenvalue weighted by molar-refractivity contribution is 5.94. The monoisotopic (exact) mass is 325 g/mol. The van der Waals surface area contributed by atoms with E-state index in [1.165, 1.54) is 32.1 Å².